The van der Waals surface area contributed by atoms with Gasteiger partial charge >= 0.3 is 18.2 Å². The minimum absolute atomic E-state index is 0.0654. The van der Waals surface area contributed by atoms with E-state index >= 15 is 0 Å². The fourth-order valence-corrected chi connectivity index (χ4v) is 2.72. The van der Waals surface area contributed by atoms with Crippen LogP contribution in [0.2, 0.25) is 0 Å². The molecule has 0 saturated heterocycles. The molecule has 7 nitrogen and oxygen atoms in total. The lowest BCUT2D eigenvalue weighted by atomic mass is 10.0. The zero-order valence-electron chi connectivity index (χ0n) is 15.7. The minimum atomic E-state index is -4.58. The van der Waals surface area contributed by atoms with Gasteiger partial charge in [-0.3, -0.25) is 4.79 Å². The molecule has 0 fully saturated rings. The number of halogens is 4. The Kier molecular flexibility index (Phi) is 7.94. The molecule has 2 rings (SSSR count). The highest BCUT2D eigenvalue weighted by molar-refractivity contribution is 9.10. The topological polar surface area (TPSA) is 79.8 Å². The molecule has 29 heavy (non-hydrogen) atoms. The number of carbonyl (C=O) groups is 1. The molecule has 0 aliphatic heterocycles. The largest absolute Gasteiger partial charge is 0.469 e. The molecule has 0 atom stereocenters. The van der Waals surface area contributed by atoms with Crippen LogP contribution in [-0.4, -0.2) is 50.0 Å². The SMILES string of the molecule is COC(=O)Cc1nc(OCC(F)(F)F)nc(-c2ccc(Br)cc2)c1C(OC)OC. The molecule has 0 N–H and O–H groups in total. The van der Waals surface area contributed by atoms with Crippen LogP contribution in [0.3, 0.4) is 0 Å². The molecule has 1 aromatic heterocycles. The van der Waals surface area contributed by atoms with Crippen molar-refractivity contribution in [3.8, 4) is 17.3 Å². The first-order valence-corrected chi connectivity index (χ1v) is 8.96. The molecule has 11 heteroatoms. The zero-order valence-corrected chi connectivity index (χ0v) is 17.3. The van der Waals surface area contributed by atoms with E-state index in [-0.39, 0.29) is 23.4 Å². The highest BCUT2D eigenvalue weighted by Crippen LogP contribution is 2.34. The summed E-state index contributed by atoms with van der Waals surface area (Å²) in [6, 6.07) is 6.30. The molecule has 0 saturated carbocycles. The first-order valence-electron chi connectivity index (χ1n) is 8.17. The second-order valence-electron chi connectivity index (χ2n) is 5.68. The van der Waals surface area contributed by atoms with Gasteiger partial charge in [0.15, 0.2) is 12.9 Å². The summed E-state index contributed by atoms with van der Waals surface area (Å²) in [5, 5.41) is 0. The Morgan fingerprint density at radius 3 is 2.24 bits per heavy atom. The van der Waals surface area contributed by atoms with Crippen molar-refractivity contribution < 1.29 is 36.9 Å². The first-order chi connectivity index (χ1) is 13.7. The van der Waals surface area contributed by atoms with E-state index < -0.39 is 31.1 Å². The smallest absolute Gasteiger partial charge is 0.422 e. The molecule has 2 aromatic rings. The molecule has 0 spiro atoms. The van der Waals surface area contributed by atoms with Gasteiger partial charge in [-0.15, -0.1) is 0 Å². The highest BCUT2D eigenvalue weighted by atomic mass is 79.9. The Labute approximate surface area is 173 Å². The predicted octanol–water partition coefficient (Wildman–Crippen LogP) is 3.85. The van der Waals surface area contributed by atoms with Crippen LogP contribution >= 0.6 is 15.9 Å². The van der Waals surface area contributed by atoms with Crippen molar-refractivity contribution in [3.63, 3.8) is 0 Å². The van der Waals surface area contributed by atoms with Crippen molar-refractivity contribution in [2.24, 2.45) is 0 Å². The molecule has 0 aliphatic rings. The van der Waals surface area contributed by atoms with Crippen molar-refractivity contribution in [1.82, 2.24) is 9.97 Å². The third-order valence-electron chi connectivity index (χ3n) is 3.69. The average molecular weight is 479 g/mol. The lowest BCUT2D eigenvalue weighted by Crippen LogP contribution is -2.22. The van der Waals surface area contributed by atoms with Gasteiger partial charge in [0.05, 0.1) is 30.5 Å². The van der Waals surface area contributed by atoms with Gasteiger partial charge in [-0.2, -0.15) is 23.1 Å². The van der Waals surface area contributed by atoms with Crippen LogP contribution in [0.4, 0.5) is 13.2 Å². The summed E-state index contributed by atoms with van der Waals surface area (Å²) in [5.74, 6) is -0.653. The number of benzene rings is 1. The summed E-state index contributed by atoms with van der Waals surface area (Å²) in [7, 11) is 3.93. The molecule has 0 bridgehead atoms. The number of hydrogen-bond acceptors (Lipinski definition) is 7. The molecular formula is C18H18BrF3N2O5. The Morgan fingerprint density at radius 1 is 1.10 bits per heavy atom. The normalized spacial score (nSPS) is 11.6. The molecule has 158 valence electrons. The maximum absolute atomic E-state index is 12.6. The fourth-order valence-electron chi connectivity index (χ4n) is 2.46. The molecule has 0 radical (unpaired) electrons. The Hall–Kier alpha value is -2.24. The molecule has 0 unspecified atom stereocenters. The number of rotatable bonds is 8. The van der Waals surface area contributed by atoms with Crippen LogP contribution in [0.1, 0.15) is 17.5 Å². The van der Waals surface area contributed by atoms with Gasteiger partial charge in [0, 0.05) is 24.3 Å². The second kappa shape index (κ2) is 9.99. The van der Waals surface area contributed by atoms with E-state index in [0.717, 1.165) is 4.47 Å². The van der Waals surface area contributed by atoms with E-state index in [4.69, 9.17) is 14.2 Å². The van der Waals surface area contributed by atoms with Crippen molar-refractivity contribution in [1.29, 1.82) is 0 Å². The van der Waals surface area contributed by atoms with Crippen LogP contribution in [-0.2, 0) is 25.4 Å². The Balaban J connectivity index is 2.67. The number of methoxy groups -OCH3 is 3. The summed E-state index contributed by atoms with van der Waals surface area (Å²) < 4.78 is 58.5. The van der Waals surface area contributed by atoms with Crippen LogP contribution in [0, 0.1) is 0 Å². The Morgan fingerprint density at radius 2 is 1.72 bits per heavy atom. The molecular weight excluding hydrogens is 461 g/mol. The van der Waals surface area contributed by atoms with Crippen LogP contribution in [0.15, 0.2) is 28.7 Å². The number of nitrogens with zero attached hydrogens (tertiary/aromatic N) is 2. The van der Waals surface area contributed by atoms with E-state index in [1.54, 1.807) is 24.3 Å². The third-order valence-corrected chi connectivity index (χ3v) is 4.22. The van der Waals surface area contributed by atoms with Crippen LogP contribution in [0.5, 0.6) is 6.01 Å². The lowest BCUT2D eigenvalue weighted by molar-refractivity contribution is -0.154. The number of carbonyl (C=O) groups excluding carboxylic acids is 1. The number of alkyl halides is 3. The van der Waals surface area contributed by atoms with Crippen molar-refractivity contribution >= 4 is 21.9 Å². The van der Waals surface area contributed by atoms with Crippen molar-refractivity contribution in [3.05, 3.63) is 40.0 Å². The number of ether oxygens (including phenoxy) is 4. The number of hydrogen-bond donors (Lipinski definition) is 0. The van der Waals surface area contributed by atoms with E-state index in [1.165, 1.54) is 21.3 Å². The lowest BCUT2D eigenvalue weighted by Gasteiger charge is -2.21. The number of aromatic nitrogens is 2. The van der Waals surface area contributed by atoms with E-state index in [9.17, 15) is 18.0 Å². The van der Waals surface area contributed by atoms with Gasteiger partial charge in [-0.05, 0) is 12.1 Å². The minimum Gasteiger partial charge on any atom is -0.469 e. The summed E-state index contributed by atoms with van der Waals surface area (Å²) >= 11 is 3.32. The summed E-state index contributed by atoms with van der Waals surface area (Å²) in [4.78, 5) is 20.0. The predicted molar refractivity (Wildman–Crippen MR) is 99.2 cm³/mol. The van der Waals surface area contributed by atoms with Gasteiger partial charge in [0.2, 0.25) is 0 Å². The van der Waals surface area contributed by atoms with Crippen LogP contribution in [0.25, 0.3) is 11.3 Å². The van der Waals surface area contributed by atoms with E-state index in [1.807, 2.05) is 0 Å². The highest BCUT2D eigenvalue weighted by Gasteiger charge is 2.31. The second-order valence-corrected chi connectivity index (χ2v) is 6.60. The standard InChI is InChI=1S/C18H18BrF3N2O5/c1-26-13(25)8-12-14(16(27-2)28-3)15(10-4-6-11(19)7-5-10)24-17(23-12)29-9-18(20,21)22/h4-7,16H,8-9H2,1-3H3. The summed E-state index contributed by atoms with van der Waals surface area (Å²) in [6.07, 6.45) is -5.90. The van der Waals surface area contributed by atoms with Gasteiger partial charge in [-0.25, -0.2) is 0 Å². The summed E-state index contributed by atoms with van der Waals surface area (Å²) in [5.41, 5.74) is 1.09. The van der Waals surface area contributed by atoms with Gasteiger partial charge < -0.3 is 18.9 Å². The molecule has 0 aliphatic carbocycles. The Bertz CT molecular complexity index is 843. The van der Waals surface area contributed by atoms with E-state index in [2.05, 4.69) is 30.6 Å². The monoisotopic (exact) mass is 478 g/mol. The number of esters is 1. The first kappa shape index (κ1) is 23.0. The zero-order chi connectivity index (χ0) is 21.6. The van der Waals surface area contributed by atoms with Gasteiger partial charge in [0.1, 0.15) is 0 Å². The summed E-state index contributed by atoms with van der Waals surface area (Å²) in [6.45, 7) is -1.58. The third kappa shape index (κ3) is 6.38. The van der Waals surface area contributed by atoms with Gasteiger partial charge in [0.25, 0.3) is 0 Å². The van der Waals surface area contributed by atoms with Crippen molar-refractivity contribution in [2.75, 3.05) is 27.9 Å². The maximum Gasteiger partial charge on any atom is 0.422 e. The maximum atomic E-state index is 12.6. The van der Waals surface area contributed by atoms with Crippen molar-refractivity contribution in [2.45, 2.75) is 18.9 Å². The quantitative estimate of drug-likeness (QED) is 0.421. The molecule has 1 aromatic carbocycles. The van der Waals surface area contributed by atoms with Crippen LogP contribution < -0.4 is 4.74 Å². The van der Waals surface area contributed by atoms with Gasteiger partial charge in [-0.1, -0.05) is 28.1 Å². The molecule has 1 heterocycles. The fraction of sp³-hybridized carbons (Fsp3) is 0.389. The van der Waals surface area contributed by atoms with E-state index in [0.29, 0.717) is 5.56 Å². The average Bonchev–Trinajstić information content (AvgIpc) is 2.68. The molecule has 0 amide bonds.